The maximum absolute atomic E-state index is 11.4. The molecule has 0 aromatic rings. The molecule has 0 aromatic carbocycles. The molecule has 0 saturated carbocycles. The fraction of sp³-hybridized carbons (Fsp3) is 0.583. The summed E-state index contributed by atoms with van der Waals surface area (Å²) < 4.78 is 0. The van der Waals surface area contributed by atoms with E-state index in [9.17, 15) is 14.4 Å². The van der Waals surface area contributed by atoms with Crippen LogP contribution in [0.25, 0.3) is 0 Å². The van der Waals surface area contributed by atoms with Gasteiger partial charge in [-0.1, -0.05) is 0 Å². The average Bonchev–Trinajstić information content (AvgIpc) is 2.57. The van der Waals surface area contributed by atoms with Crippen LogP contribution in [-0.4, -0.2) is 34.7 Å². The van der Waals surface area contributed by atoms with E-state index in [1.165, 1.54) is 12.2 Å². The Morgan fingerprint density at radius 2 is 1.78 bits per heavy atom. The third-order valence-corrected chi connectivity index (χ3v) is 2.26. The summed E-state index contributed by atoms with van der Waals surface area (Å²) in [7, 11) is 0. The Labute approximate surface area is 106 Å². The van der Waals surface area contributed by atoms with Gasteiger partial charge in [0.05, 0.1) is 0 Å². The van der Waals surface area contributed by atoms with Crippen molar-refractivity contribution in [3.05, 3.63) is 12.2 Å². The molecule has 100 valence electrons. The third kappa shape index (κ3) is 4.67. The van der Waals surface area contributed by atoms with Gasteiger partial charge in [-0.3, -0.25) is 24.7 Å². The molecule has 2 N–H and O–H groups in total. The molecule has 1 heterocycles. The van der Waals surface area contributed by atoms with Crippen molar-refractivity contribution < 1.29 is 14.4 Å². The van der Waals surface area contributed by atoms with Crippen molar-refractivity contribution in [1.29, 1.82) is 0 Å². The SMILES string of the molecule is CC(C)(C)NNC(=O)CCCN1C(=O)C=CC1=O. The highest BCUT2D eigenvalue weighted by atomic mass is 16.2. The Morgan fingerprint density at radius 1 is 1.22 bits per heavy atom. The van der Waals surface area contributed by atoms with E-state index in [0.29, 0.717) is 6.42 Å². The summed E-state index contributed by atoms with van der Waals surface area (Å²) in [5.74, 6) is -0.779. The van der Waals surface area contributed by atoms with Crippen LogP contribution in [0.4, 0.5) is 0 Å². The molecule has 6 heteroatoms. The van der Waals surface area contributed by atoms with Crippen molar-refractivity contribution >= 4 is 17.7 Å². The second kappa shape index (κ2) is 5.77. The smallest absolute Gasteiger partial charge is 0.253 e. The Kier molecular flexibility index (Phi) is 4.61. The van der Waals surface area contributed by atoms with E-state index in [1.54, 1.807) is 0 Å². The molecule has 1 rings (SSSR count). The number of amides is 3. The minimum absolute atomic E-state index is 0.156. The summed E-state index contributed by atoms with van der Waals surface area (Å²) in [6, 6.07) is 0. The monoisotopic (exact) mass is 253 g/mol. The first-order valence-electron chi connectivity index (χ1n) is 5.89. The first kappa shape index (κ1) is 14.4. The molecule has 1 aliphatic rings. The van der Waals surface area contributed by atoms with Crippen molar-refractivity contribution in [2.45, 2.75) is 39.2 Å². The molecule has 3 amide bonds. The number of hydrogen-bond acceptors (Lipinski definition) is 4. The van der Waals surface area contributed by atoms with Crippen LogP contribution in [0.5, 0.6) is 0 Å². The predicted octanol–water partition coefficient (Wildman–Crippen LogP) is 0.111. The van der Waals surface area contributed by atoms with Crippen LogP contribution >= 0.6 is 0 Å². The van der Waals surface area contributed by atoms with E-state index >= 15 is 0 Å². The zero-order valence-corrected chi connectivity index (χ0v) is 10.9. The van der Waals surface area contributed by atoms with Crippen LogP contribution in [0, 0.1) is 0 Å². The van der Waals surface area contributed by atoms with Crippen LogP contribution in [0.3, 0.4) is 0 Å². The maximum Gasteiger partial charge on any atom is 0.253 e. The van der Waals surface area contributed by atoms with E-state index < -0.39 is 0 Å². The van der Waals surface area contributed by atoms with Crippen molar-refractivity contribution in [2.24, 2.45) is 0 Å². The number of imide groups is 1. The maximum atomic E-state index is 11.4. The van der Waals surface area contributed by atoms with Crippen molar-refractivity contribution in [1.82, 2.24) is 15.8 Å². The normalized spacial score (nSPS) is 15.4. The lowest BCUT2D eigenvalue weighted by atomic mass is 10.1. The molecule has 0 aromatic heterocycles. The summed E-state index contributed by atoms with van der Waals surface area (Å²) >= 11 is 0. The van der Waals surface area contributed by atoms with Gasteiger partial charge in [0, 0.05) is 30.7 Å². The number of nitrogens with one attached hydrogen (secondary N) is 2. The number of nitrogens with zero attached hydrogens (tertiary/aromatic N) is 1. The molecule has 18 heavy (non-hydrogen) atoms. The highest BCUT2D eigenvalue weighted by molar-refractivity contribution is 6.12. The van der Waals surface area contributed by atoms with E-state index in [1.807, 2.05) is 20.8 Å². The highest BCUT2D eigenvalue weighted by Crippen LogP contribution is 2.05. The number of hydrazine groups is 1. The van der Waals surface area contributed by atoms with Gasteiger partial charge in [0.2, 0.25) is 5.91 Å². The molecule has 0 radical (unpaired) electrons. The van der Waals surface area contributed by atoms with Crippen molar-refractivity contribution in [2.75, 3.05) is 6.54 Å². The number of carbonyl (C=O) groups is 3. The molecule has 0 bridgehead atoms. The molecule has 0 spiro atoms. The van der Waals surface area contributed by atoms with Crippen LogP contribution in [0.1, 0.15) is 33.6 Å². The summed E-state index contributed by atoms with van der Waals surface area (Å²) in [5.41, 5.74) is 5.24. The standard InChI is InChI=1S/C12H19N3O3/c1-12(2,3)14-13-9(16)5-4-8-15-10(17)6-7-11(15)18/h6-7,14H,4-5,8H2,1-3H3,(H,13,16). The largest absolute Gasteiger partial charge is 0.291 e. The Morgan fingerprint density at radius 3 is 2.28 bits per heavy atom. The zero-order chi connectivity index (χ0) is 13.8. The summed E-state index contributed by atoms with van der Waals surface area (Å²) in [4.78, 5) is 35.0. The quantitative estimate of drug-likeness (QED) is 0.538. The predicted molar refractivity (Wildman–Crippen MR) is 66.1 cm³/mol. The summed E-state index contributed by atoms with van der Waals surface area (Å²) in [6.07, 6.45) is 3.20. The molecule has 0 aliphatic carbocycles. The first-order valence-corrected chi connectivity index (χ1v) is 5.89. The van der Waals surface area contributed by atoms with Gasteiger partial charge in [0.1, 0.15) is 0 Å². The molecule has 0 unspecified atom stereocenters. The lowest BCUT2D eigenvalue weighted by Crippen LogP contribution is -2.48. The minimum Gasteiger partial charge on any atom is -0.291 e. The highest BCUT2D eigenvalue weighted by Gasteiger charge is 2.22. The van der Waals surface area contributed by atoms with Gasteiger partial charge < -0.3 is 0 Å². The molecule has 0 saturated heterocycles. The number of carbonyl (C=O) groups excluding carboxylic acids is 3. The molecular formula is C12H19N3O3. The van der Waals surface area contributed by atoms with Crippen molar-refractivity contribution in [3.63, 3.8) is 0 Å². The summed E-state index contributed by atoms with van der Waals surface area (Å²) in [6.45, 7) is 6.06. The average molecular weight is 253 g/mol. The van der Waals surface area contributed by atoms with Crippen LogP contribution in [0.2, 0.25) is 0 Å². The fourth-order valence-electron chi connectivity index (χ4n) is 1.37. The van der Waals surface area contributed by atoms with Gasteiger partial charge in [-0.05, 0) is 27.2 Å². The molecular weight excluding hydrogens is 234 g/mol. The van der Waals surface area contributed by atoms with E-state index in [4.69, 9.17) is 0 Å². The Bertz CT molecular complexity index is 365. The molecule has 6 nitrogen and oxygen atoms in total. The van der Waals surface area contributed by atoms with Crippen LogP contribution in [-0.2, 0) is 14.4 Å². The fourth-order valence-corrected chi connectivity index (χ4v) is 1.37. The van der Waals surface area contributed by atoms with E-state index in [2.05, 4.69) is 10.9 Å². The topological polar surface area (TPSA) is 78.5 Å². The molecule has 0 fully saturated rings. The van der Waals surface area contributed by atoms with Gasteiger partial charge in [-0.2, -0.15) is 0 Å². The third-order valence-electron chi connectivity index (χ3n) is 2.26. The van der Waals surface area contributed by atoms with Gasteiger partial charge in [0.25, 0.3) is 11.8 Å². The number of hydrogen-bond donors (Lipinski definition) is 2. The summed E-state index contributed by atoms with van der Waals surface area (Å²) in [5, 5.41) is 0. The first-order chi connectivity index (χ1) is 8.29. The Hall–Kier alpha value is -1.69. The second-order valence-corrected chi connectivity index (χ2v) is 5.19. The Balaban J connectivity index is 2.20. The van der Waals surface area contributed by atoms with E-state index in [0.717, 1.165) is 4.90 Å². The lowest BCUT2D eigenvalue weighted by Gasteiger charge is -2.21. The van der Waals surface area contributed by atoms with E-state index in [-0.39, 0.29) is 36.2 Å². The minimum atomic E-state index is -0.312. The second-order valence-electron chi connectivity index (χ2n) is 5.19. The molecule has 0 atom stereocenters. The van der Waals surface area contributed by atoms with Gasteiger partial charge in [-0.25, -0.2) is 5.43 Å². The van der Waals surface area contributed by atoms with Crippen LogP contribution in [0.15, 0.2) is 12.2 Å². The van der Waals surface area contributed by atoms with Gasteiger partial charge in [0.15, 0.2) is 0 Å². The van der Waals surface area contributed by atoms with Crippen LogP contribution < -0.4 is 10.9 Å². The lowest BCUT2D eigenvalue weighted by molar-refractivity contribution is -0.137. The van der Waals surface area contributed by atoms with Gasteiger partial charge in [-0.15, -0.1) is 0 Å². The zero-order valence-electron chi connectivity index (χ0n) is 10.9. The van der Waals surface area contributed by atoms with Gasteiger partial charge >= 0.3 is 0 Å². The number of rotatable bonds is 5. The molecule has 1 aliphatic heterocycles. The van der Waals surface area contributed by atoms with Crippen molar-refractivity contribution in [3.8, 4) is 0 Å².